The summed E-state index contributed by atoms with van der Waals surface area (Å²) in [5.74, 6) is 0.962. The van der Waals surface area contributed by atoms with Crippen molar-refractivity contribution in [3.05, 3.63) is 54.2 Å². The minimum Gasteiger partial charge on any atom is -0.497 e. The molecule has 0 unspecified atom stereocenters. The number of hydrogen-bond donors (Lipinski definition) is 1. The van der Waals surface area contributed by atoms with Crippen LogP contribution in [0.15, 0.2) is 58.1 Å². The third kappa shape index (κ3) is 3.50. The molecule has 0 aliphatic heterocycles. The Morgan fingerprint density at radius 2 is 1.77 bits per heavy atom. The van der Waals surface area contributed by atoms with Gasteiger partial charge in [-0.1, -0.05) is 23.4 Å². The van der Waals surface area contributed by atoms with Gasteiger partial charge in [0.2, 0.25) is 5.88 Å². The molecule has 0 amide bonds. The van der Waals surface area contributed by atoms with Crippen molar-refractivity contribution >= 4 is 15.9 Å². The van der Waals surface area contributed by atoms with E-state index < -0.39 is 10.0 Å². The Morgan fingerprint density at radius 1 is 1.04 bits per heavy atom. The number of hydrogen-bond acceptors (Lipinski definition) is 6. The lowest BCUT2D eigenvalue weighted by Crippen LogP contribution is -2.14. The second-order valence-corrected chi connectivity index (χ2v) is 7.21. The number of rotatable bonds is 6. The van der Waals surface area contributed by atoms with Gasteiger partial charge < -0.3 is 14.0 Å². The monoisotopic (exact) mass is 374 g/mol. The molecule has 1 heterocycles. The van der Waals surface area contributed by atoms with E-state index >= 15 is 0 Å². The summed E-state index contributed by atoms with van der Waals surface area (Å²) >= 11 is 0. The highest BCUT2D eigenvalue weighted by Gasteiger charge is 2.23. The number of ether oxygens (including phenoxy) is 2. The van der Waals surface area contributed by atoms with Gasteiger partial charge in [-0.3, -0.25) is 0 Å². The van der Waals surface area contributed by atoms with Crippen molar-refractivity contribution in [2.24, 2.45) is 0 Å². The predicted molar refractivity (Wildman–Crippen MR) is 97.0 cm³/mol. The molecule has 0 spiro atoms. The fraction of sp³-hybridized carbons (Fsp3) is 0.167. The molecule has 0 aliphatic rings. The lowest BCUT2D eigenvalue weighted by atomic mass is 10.1. The number of aryl methyl sites for hydroxylation is 1. The Labute approximate surface area is 151 Å². The van der Waals surface area contributed by atoms with Crippen LogP contribution in [0, 0.1) is 6.92 Å². The van der Waals surface area contributed by atoms with E-state index in [1.54, 1.807) is 50.4 Å². The van der Waals surface area contributed by atoms with Gasteiger partial charge in [-0.2, -0.15) is 0 Å². The fourth-order valence-electron chi connectivity index (χ4n) is 2.46. The standard InChI is InChI=1S/C18H18N2O5S/c1-12-4-9-16(24-3)17(10-12)26(21,22)20-18-15(11-19-25-18)13-5-7-14(23-2)8-6-13/h4-11,20H,1-3H3. The molecule has 3 rings (SSSR count). The maximum atomic E-state index is 12.8. The van der Waals surface area contributed by atoms with Crippen LogP contribution in [0.3, 0.4) is 0 Å². The van der Waals surface area contributed by atoms with Gasteiger partial charge >= 0.3 is 0 Å². The Balaban J connectivity index is 1.97. The van der Waals surface area contributed by atoms with Crippen LogP contribution in [0.2, 0.25) is 0 Å². The van der Waals surface area contributed by atoms with Gasteiger partial charge in [-0.15, -0.1) is 0 Å². The zero-order valence-corrected chi connectivity index (χ0v) is 15.3. The fourth-order valence-corrected chi connectivity index (χ4v) is 3.72. The van der Waals surface area contributed by atoms with E-state index in [4.69, 9.17) is 14.0 Å². The van der Waals surface area contributed by atoms with Gasteiger partial charge in [0, 0.05) is 0 Å². The first kappa shape index (κ1) is 17.8. The largest absolute Gasteiger partial charge is 0.497 e. The molecule has 0 atom stereocenters. The molecule has 26 heavy (non-hydrogen) atoms. The maximum Gasteiger partial charge on any atom is 0.267 e. The van der Waals surface area contributed by atoms with E-state index in [2.05, 4.69) is 9.88 Å². The lowest BCUT2D eigenvalue weighted by Gasteiger charge is -2.11. The summed E-state index contributed by atoms with van der Waals surface area (Å²) in [6.07, 6.45) is 1.45. The van der Waals surface area contributed by atoms with Crippen molar-refractivity contribution in [2.45, 2.75) is 11.8 Å². The van der Waals surface area contributed by atoms with E-state index in [1.165, 1.54) is 19.4 Å². The predicted octanol–water partition coefficient (Wildman–Crippen LogP) is 3.47. The SMILES string of the molecule is COc1ccc(-c2cnoc2NS(=O)(=O)c2cc(C)ccc2OC)cc1. The lowest BCUT2D eigenvalue weighted by molar-refractivity contribution is 0.402. The summed E-state index contributed by atoms with van der Waals surface area (Å²) in [6.45, 7) is 1.80. The second-order valence-electron chi connectivity index (χ2n) is 5.56. The van der Waals surface area contributed by atoms with E-state index in [0.29, 0.717) is 11.3 Å². The first-order valence-electron chi connectivity index (χ1n) is 7.71. The molecular formula is C18H18N2O5S. The molecular weight excluding hydrogens is 356 g/mol. The summed E-state index contributed by atoms with van der Waals surface area (Å²) in [6, 6.07) is 12.0. The third-order valence-corrected chi connectivity index (χ3v) is 5.16. The molecule has 2 aromatic carbocycles. The van der Waals surface area contributed by atoms with Crippen LogP contribution in [-0.2, 0) is 10.0 Å². The normalized spacial score (nSPS) is 11.2. The van der Waals surface area contributed by atoms with Crippen LogP contribution in [0.5, 0.6) is 11.5 Å². The van der Waals surface area contributed by atoms with Gasteiger partial charge in [0.25, 0.3) is 10.0 Å². The molecule has 1 aromatic heterocycles. The Morgan fingerprint density at radius 3 is 2.42 bits per heavy atom. The summed E-state index contributed by atoms with van der Waals surface area (Å²) < 4.78 is 43.5. The number of methoxy groups -OCH3 is 2. The molecule has 136 valence electrons. The van der Waals surface area contributed by atoms with Crippen LogP contribution >= 0.6 is 0 Å². The van der Waals surface area contributed by atoms with Crippen molar-refractivity contribution in [3.63, 3.8) is 0 Å². The van der Waals surface area contributed by atoms with Crippen molar-refractivity contribution in [2.75, 3.05) is 18.9 Å². The highest BCUT2D eigenvalue weighted by atomic mass is 32.2. The summed E-state index contributed by atoms with van der Waals surface area (Å²) in [7, 11) is -0.935. The Hall–Kier alpha value is -3.00. The number of benzene rings is 2. The molecule has 8 heteroatoms. The molecule has 0 saturated heterocycles. The number of nitrogens with zero attached hydrogens (tertiary/aromatic N) is 1. The van der Waals surface area contributed by atoms with Crippen LogP contribution in [0.1, 0.15) is 5.56 Å². The van der Waals surface area contributed by atoms with E-state index in [0.717, 1.165) is 11.1 Å². The minimum atomic E-state index is -3.93. The number of aromatic nitrogens is 1. The minimum absolute atomic E-state index is 0.0251. The first-order valence-corrected chi connectivity index (χ1v) is 9.19. The quantitative estimate of drug-likeness (QED) is 0.710. The zero-order chi connectivity index (χ0) is 18.7. The summed E-state index contributed by atoms with van der Waals surface area (Å²) in [5.41, 5.74) is 2.04. The highest BCUT2D eigenvalue weighted by Crippen LogP contribution is 2.32. The van der Waals surface area contributed by atoms with Gasteiger partial charge in [-0.25, -0.2) is 13.1 Å². The smallest absolute Gasteiger partial charge is 0.267 e. The van der Waals surface area contributed by atoms with Crippen molar-refractivity contribution in [3.8, 4) is 22.6 Å². The van der Waals surface area contributed by atoms with Gasteiger partial charge in [0.05, 0.1) is 26.0 Å². The summed E-state index contributed by atoms with van der Waals surface area (Å²) in [5, 5.41) is 3.71. The molecule has 0 radical (unpaired) electrons. The topological polar surface area (TPSA) is 90.7 Å². The third-order valence-electron chi connectivity index (χ3n) is 3.81. The van der Waals surface area contributed by atoms with Gasteiger partial charge in [0.15, 0.2) is 0 Å². The van der Waals surface area contributed by atoms with Crippen LogP contribution in [0.4, 0.5) is 5.88 Å². The van der Waals surface area contributed by atoms with Crippen LogP contribution in [0.25, 0.3) is 11.1 Å². The van der Waals surface area contributed by atoms with E-state index in [1.807, 2.05) is 0 Å². The molecule has 0 fully saturated rings. The van der Waals surface area contributed by atoms with Gasteiger partial charge in [-0.05, 0) is 42.3 Å². The van der Waals surface area contributed by atoms with E-state index in [-0.39, 0.29) is 16.5 Å². The van der Waals surface area contributed by atoms with Crippen molar-refractivity contribution in [1.29, 1.82) is 0 Å². The second kappa shape index (κ2) is 7.09. The average molecular weight is 374 g/mol. The van der Waals surface area contributed by atoms with E-state index in [9.17, 15) is 8.42 Å². The highest BCUT2D eigenvalue weighted by molar-refractivity contribution is 7.92. The number of nitrogens with one attached hydrogen (secondary N) is 1. The average Bonchev–Trinajstić information content (AvgIpc) is 3.09. The van der Waals surface area contributed by atoms with Crippen molar-refractivity contribution in [1.82, 2.24) is 5.16 Å². The van der Waals surface area contributed by atoms with Gasteiger partial charge in [0.1, 0.15) is 16.4 Å². The van der Waals surface area contributed by atoms with Crippen LogP contribution < -0.4 is 14.2 Å². The molecule has 7 nitrogen and oxygen atoms in total. The Kier molecular flexibility index (Phi) is 4.85. The van der Waals surface area contributed by atoms with Crippen molar-refractivity contribution < 1.29 is 22.4 Å². The molecule has 3 aromatic rings. The Bertz CT molecular complexity index is 1010. The molecule has 0 aliphatic carbocycles. The molecule has 0 bridgehead atoms. The number of anilines is 1. The number of sulfonamides is 1. The molecule has 0 saturated carbocycles. The first-order chi connectivity index (χ1) is 12.4. The molecule has 1 N–H and O–H groups in total. The zero-order valence-electron chi connectivity index (χ0n) is 14.5. The van der Waals surface area contributed by atoms with Crippen LogP contribution in [-0.4, -0.2) is 27.8 Å². The summed E-state index contributed by atoms with van der Waals surface area (Å²) in [4.78, 5) is 0.0251. The maximum absolute atomic E-state index is 12.8.